The molecule has 0 bridgehead atoms. The molecule has 0 unspecified atom stereocenters. The van der Waals surface area contributed by atoms with Gasteiger partial charge in [0.05, 0.1) is 16.8 Å². The van der Waals surface area contributed by atoms with Gasteiger partial charge < -0.3 is 9.32 Å². The Kier molecular flexibility index (Phi) is 8.31. The van der Waals surface area contributed by atoms with E-state index in [0.717, 1.165) is 55.7 Å². The Morgan fingerprint density at radius 3 is 1.78 bits per heavy atom. The second kappa shape index (κ2) is 14.6. The zero-order chi connectivity index (χ0) is 43.1. The van der Waals surface area contributed by atoms with Crippen LogP contribution in [0.25, 0.3) is 82.9 Å². The fourth-order valence-corrected chi connectivity index (χ4v) is 11.1. The molecule has 0 saturated carbocycles. The van der Waals surface area contributed by atoms with Crippen molar-refractivity contribution in [2.75, 3.05) is 4.90 Å². The first-order chi connectivity index (χ1) is 32.2. The molecule has 2 aliphatic rings. The van der Waals surface area contributed by atoms with E-state index in [1.54, 1.807) is 0 Å². The minimum absolute atomic E-state index is 0.482. The predicted octanol–water partition coefficient (Wildman–Crippen LogP) is 16.8. The van der Waals surface area contributed by atoms with Crippen LogP contribution >= 0.6 is 0 Å². The predicted molar refractivity (Wildman–Crippen MR) is 273 cm³/mol. The Labute approximate surface area is 378 Å². The molecular formula is C63H41NO. The summed E-state index contributed by atoms with van der Waals surface area (Å²) in [6.07, 6.45) is 8.59. The highest BCUT2D eigenvalue weighted by molar-refractivity contribution is 6.11. The summed E-state index contributed by atoms with van der Waals surface area (Å²) in [5, 5.41) is 7.01. The van der Waals surface area contributed by atoms with Gasteiger partial charge in [-0.25, -0.2) is 0 Å². The first-order valence-corrected chi connectivity index (χ1v) is 22.4. The summed E-state index contributed by atoms with van der Waals surface area (Å²) in [7, 11) is 0. The normalized spacial score (nSPS) is 13.4. The molecule has 0 aliphatic heterocycles. The van der Waals surface area contributed by atoms with Gasteiger partial charge in [0.1, 0.15) is 11.2 Å². The van der Waals surface area contributed by atoms with Crippen molar-refractivity contribution in [1.29, 1.82) is 0 Å². The SMILES string of the molecule is C=C/C(=C\C=C\c1cccc2ccccc12)N(c1ccccc1-c1ccc2oc3cc4ccccc4cc3c2c1)c1cccc2c1-c1ccccc1C21c2ccccc2-c2ccccc21. The van der Waals surface area contributed by atoms with Gasteiger partial charge >= 0.3 is 0 Å². The number of benzene rings is 10. The molecule has 0 fully saturated rings. The van der Waals surface area contributed by atoms with Crippen molar-refractivity contribution in [1.82, 2.24) is 0 Å². The number of hydrogen-bond acceptors (Lipinski definition) is 2. The van der Waals surface area contributed by atoms with Gasteiger partial charge in [-0.15, -0.1) is 0 Å². The van der Waals surface area contributed by atoms with Crippen LogP contribution in [0.15, 0.2) is 247 Å². The quantitative estimate of drug-likeness (QED) is 0.149. The maximum absolute atomic E-state index is 6.50. The van der Waals surface area contributed by atoms with Crippen molar-refractivity contribution in [3.63, 3.8) is 0 Å². The maximum atomic E-state index is 6.50. The van der Waals surface area contributed by atoms with Gasteiger partial charge in [0.25, 0.3) is 0 Å². The number of furan rings is 1. The van der Waals surface area contributed by atoms with Crippen molar-refractivity contribution in [3.8, 4) is 33.4 Å². The summed E-state index contributed by atoms with van der Waals surface area (Å²) in [6, 6.07) is 77.4. The summed E-state index contributed by atoms with van der Waals surface area (Å²) >= 11 is 0. The molecular weight excluding hydrogens is 787 g/mol. The molecule has 0 N–H and O–H groups in total. The van der Waals surface area contributed by atoms with E-state index in [1.807, 2.05) is 6.08 Å². The summed E-state index contributed by atoms with van der Waals surface area (Å²) in [6.45, 7) is 4.52. The van der Waals surface area contributed by atoms with Crippen LogP contribution in [-0.2, 0) is 5.41 Å². The number of hydrogen-bond donors (Lipinski definition) is 0. The van der Waals surface area contributed by atoms with Gasteiger partial charge in [0, 0.05) is 27.6 Å². The van der Waals surface area contributed by atoms with E-state index in [-0.39, 0.29) is 0 Å². The molecule has 2 nitrogen and oxygen atoms in total. The van der Waals surface area contributed by atoms with Crippen LogP contribution in [0.3, 0.4) is 0 Å². The highest BCUT2D eigenvalue weighted by Crippen LogP contribution is 2.64. The van der Waals surface area contributed by atoms with Crippen LogP contribution in [0, 0.1) is 0 Å². The third-order valence-corrected chi connectivity index (χ3v) is 13.9. The number of rotatable bonds is 7. The van der Waals surface area contributed by atoms with Gasteiger partial charge in [0.15, 0.2) is 0 Å². The Balaban J connectivity index is 1.06. The molecule has 65 heavy (non-hydrogen) atoms. The molecule has 1 heterocycles. The number of allylic oxidation sites excluding steroid dienone is 3. The Morgan fingerprint density at radius 2 is 1.02 bits per heavy atom. The lowest BCUT2D eigenvalue weighted by Crippen LogP contribution is -2.26. The molecule has 1 aromatic heterocycles. The Morgan fingerprint density at radius 1 is 0.446 bits per heavy atom. The smallest absolute Gasteiger partial charge is 0.136 e. The van der Waals surface area contributed by atoms with Crippen LogP contribution in [0.4, 0.5) is 11.4 Å². The largest absolute Gasteiger partial charge is 0.456 e. The second-order valence-corrected chi connectivity index (χ2v) is 17.2. The van der Waals surface area contributed by atoms with Gasteiger partial charge in [-0.2, -0.15) is 0 Å². The van der Waals surface area contributed by atoms with E-state index in [9.17, 15) is 0 Å². The fourth-order valence-electron chi connectivity index (χ4n) is 11.1. The lowest BCUT2D eigenvalue weighted by molar-refractivity contribution is 0.669. The van der Waals surface area contributed by atoms with Crippen molar-refractivity contribution < 1.29 is 4.42 Å². The third-order valence-electron chi connectivity index (χ3n) is 13.9. The van der Waals surface area contributed by atoms with E-state index < -0.39 is 5.41 Å². The van der Waals surface area contributed by atoms with E-state index in [2.05, 4.69) is 242 Å². The number of para-hydroxylation sites is 1. The molecule has 0 radical (unpaired) electrons. The van der Waals surface area contributed by atoms with Crippen molar-refractivity contribution >= 4 is 60.9 Å². The van der Waals surface area contributed by atoms with Gasteiger partial charge in [0.2, 0.25) is 0 Å². The molecule has 2 heteroatoms. The van der Waals surface area contributed by atoms with E-state index in [0.29, 0.717) is 0 Å². The first kappa shape index (κ1) is 37.1. The Bertz CT molecular complexity index is 3770. The van der Waals surface area contributed by atoms with Gasteiger partial charge in [-0.3, -0.25) is 0 Å². The minimum Gasteiger partial charge on any atom is -0.456 e. The van der Waals surface area contributed by atoms with E-state index in [4.69, 9.17) is 4.42 Å². The van der Waals surface area contributed by atoms with Crippen LogP contribution in [-0.4, -0.2) is 0 Å². The summed E-state index contributed by atoms with van der Waals surface area (Å²) in [4.78, 5) is 2.43. The molecule has 304 valence electrons. The molecule has 1 spiro atoms. The third kappa shape index (κ3) is 5.47. The van der Waals surface area contributed by atoms with Crippen LogP contribution in [0.1, 0.15) is 27.8 Å². The first-order valence-electron chi connectivity index (χ1n) is 22.4. The molecule has 13 rings (SSSR count). The zero-order valence-electron chi connectivity index (χ0n) is 35.6. The van der Waals surface area contributed by atoms with Gasteiger partial charge in [-0.1, -0.05) is 195 Å². The highest BCUT2D eigenvalue weighted by atomic mass is 16.3. The summed E-state index contributed by atoms with van der Waals surface area (Å²) in [5.74, 6) is 0. The molecule has 11 aromatic rings. The standard InChI is InChI=1S/C63H41NO/c1-2-46(24-16-23-42-22-15-21-41-18-5-6-25-47(41)42)64(58-34-14-10-26-48(58)45-36-37-60-52(39-45)53-38-43-19-3-4-20-44(43)40-61(53)65-60)59-35-17-33-57-62(59)51-29-9-13-32-56(51)63(57)54-30-11-7-27-49(54)50-28-8-12-31-55(50)63/h2-40H,1H2/b23-16+,46-24+. The molecule has 0 atom stereocenters. The summed E-state index contributed by atoms with van der Waals surface area (Å²) < 4.78 is 6.50. The molecule has 0 saturated heterocycles. The molecule has 10 aromatic carbocycles. The van der Waals surface area contributed by atoms with Crippen LogP contribution in [0.2, 0.25) is 0 Å². The van der Waals surface area contributed by atoms with E-state index >= 15 is 0 Å². The zero-order valence-corrected chi connectivity index (χ0v) is 35.6. The summed E-state index contributed by atoms with van der Waals surface area (Å²) in [5.41, 5.74) is 18.0. The lowest BCUT2D eigenvalue weighted by atomic mass is 9.70. The fraction of sp³-hybridized carbons (Fsp3) is 0.0159. The highest BCUT2D eigenvalue weighted by Gasteiger charge is 2.52. The van der Waals surface area contributed by atoms with Crippen LogP contribution < -0.4 is 4.90 Å². The van der Waals surface area contributed by atoms with Crippen LogP contribution in [0.5, 0.6) is 0 Å². The van der Waals surface area contributed by atoms with Crippen molar-refractivity contribution in [2.24, 2.45) is 0 Å². The lowest BCUT2D eigenvalue weighted by Gasteiger charge is -2.32. The average molecular weight is 828 g/mol. The van der Waals surface area contributed by atoms with Crippen molar-refractivity contribution in [3.05, 3.63) is 271 Å². The monoisotopic (exact) mass is 827 g/mol. The number of nitrogens with zero attached hydrogens (tertiary/aromatic N) is 1. The van der Waals surface area contributed by atoms with Crippen molar-refractivity contribution in [2.45, 2.75) is 5.41 Å². The average Bonchev–Trinajstić information content (AvgIpc) is 3.99. The second-order valence-electron chi connectivity index (χ2n) is 17.2. The van der Waals surface area contributed by atoms with Gasteiger partial charge in [-0.05, 0) is 120 Å². The Hall–Kier alpha value is -8.46. The number of anilines is 2. The van der Waals surface area contributed by atoms with E-state index in [1.165, 1.54) is 66.1 Å². The molecule has 2 aliphatic carbocycles. The molecule has 0 amide bonds. The maximum Gasteiger partial charge on any atom is 0.136 e. The minimum atomic E-state index is -0.482. The number of fused-ring (bicyclic) bond motifs is 15. The topological polar surface area (TPSA) is 16.4 Å².